The van der Waals surface area contributed by atoms with E-state index in [1.54, 1.807) is 0 Å². The van der Waals surface area contributed by atoms with Crippen molar-refractivity contribution in [3.8, 4) is 22.3 Å². The average Bonchev–Trinajstić information content (AvgIpc) is 3.20. The molecule has 2 nitrogen and oxygen atoms in total. The van der Waals surface area contributed by atoms with Gasteiger partial charge in [-0.1, -0.05) is 170 Å². The van der Waals surface area contributed by atoms with E-state index in [1.807, 2.05) is 11.8 Å². The summed E-state index contributed by atoms with van der Waals surface area (Å²) in [5.41, 5.74) is 19.1. The van der Waals surface area contributed by atoms with Crippen LogP contribution in [0, 0.1) is 0 Å². The van der Waals surface area contributed by atoms with Gasteiger partial charge in [-0.15, -0.1) is 0 Å². The third-order valence-electron chi connectivity index (χ3n) is 12.6. The molecule has 3 heterocycles. The number of hydrogen-bond donors (Lipinski definition) is 0. The molecule has 0 aliphatic carbocycles. The number of anilines is 5. The minimum absolute atomic E-state index is 0.0172. The maximum atomic E-state index is 2.69. The molecule has 0 amide bonds. The van der Waals surface area contributed by atoms with Crippen molar-refractivity contribution in [2.24, 2.45) is 0 Å². The normalized spacial score (nSPS) is 15.0. The predicted octanol–water partition coefficient (Wildman–Crippen LogP) is 13.4. The van der Waals surface area contributed by atoms with Gasteiger partial charge in [-0.2, -0.15) is 0 Å². The van der Waals surface area contributed by atoms with Crippen molar-refractivity contribution in [2.45, 2.75) is 81.4 Å². The van der Waals surface area contributed by atoms with Gasteiger partial charge in [0, 0.05) is 26.5 Å². The van der Waals surface area contributed by atoms with E-state index in [9.17, 15) is 0 Å². The largest absolute Gasteiger partial charge is 0.373 e. The Morgan fingerprint density at radius 1 is 0.509 bits per heavy atom. The summed E-state index contributed by atoms with van der Waals surface area (Å²) in [4.78, 5) is 7.93. The third-order valence-corrected chi connectivity index (χ3v) is 13.7. The molecule has 0 unspecified atom stereocenters. The smallest absolute Gasteiger partial charge is 0.328 e. The Kier molecular flexibility index (Phi) is 8.06. The van der Waals surface area contributed by atoms with Gasteiger partial charge < -0.3 is 9.71 Å². The van der Waals surface area contributed by atoms with Crippen molar-refractivity contribution in [2.75, 3.05) is 9.71 Å². The Morgan fingerprint density at radius 3 is 1.91 bits per heavy atom. The molecule has 280 valence electrons. The molecule has 3 aliphatic heterocycles. The lowest BCUT2D eigenvalue weighted by Crippen LogP contribution is -2.58. The SMILES string of the molecule is CC(C)(C)c1ccc2c(c1)N(c1ccccc1)c1cc(C(C)(C)C)cc3c1N2B(c1ccc2c(c1)Sc1ccccc1C2(C)C)c1ccc(-c2ccccc2)cc1-3. The first-order chi connectivity index (χ1) is 27.3. The average molecular weight is 757 g/mol. The Balaban J connectivity index is 1.30. The highest BCUT2D eigenvalue weighted by Crippen LogP contribution is 2.58. The molecule has 0 bridgehead atoms. The predicted molar refractivity (Wildman–Crippen MR) is 246 cm³/mol. The third kappa shape index (κ3) is 5.70. The van der Waals surface area contributed by atoms with E-state index in [0.29, 0.717) is 0 Å². The first kappa shape index (κ1) is 35.9. The van der Waals surface area contributed by atoms with Gasteiger partial charge in [-0.05, 0) is 109 Å². The number of nitrogens with zero attached hydrogens (tertiary/aromatic N) is 2. The Labute approximate surface area is 343 Å². The molecule has 0 atom stereocenters. The van der Waals surface area contributed by atoms with Crippen LogP contribution in [0.25, 0.3) is 22.3 Å². The van der Waals surface area contributed by atoms with E-state index >= 15 is 0 Å². The molecule has 0 N–H and O–H groups in total. The molecule has 7 aromatic carbocycles. The van der Waals surface area contributed by atoms with E-state index < -0.39 is 0 Å². The fraction of sp³-hybridized carbons (Fsp3) is 0.208. The summed E-state index contributed by atoms with van der Waals surface area (Å²) in [6.45, 7) is 18.7. The van der Waals surface area contributed by atoms with Crippen LogP contribution in [0.4, 0.5) is 28.4 Å². The van der Waals surface area contributed by atoms with Crippen molar-refractivity contribution in [1.82, 2.24) is 0 Å². The number of para-hydroxylation sites is 1. The van der Waals surface area contributed by atoms with Crippen LogP contribution in [0.5, 0.6) is 0 Å². The monoisotopic (exact) mass is 756 g/mol. The van der Waals surface area contributed by atoms with Crippen LogP contribution in [0.1, 0.15) is 77.6 Å². The van der Waals surface area contributed by atoms with Crippen molar-refractivity contribution in [3.63, 3.8) is 0 Å². The van der Waals surface area contributed by atoms with E-state index in [2.05, 4.69) is 217 Å². The zero-order valence-electron chi connectivity index (χ0n) is 34.3. The van der Waals surface area contributed by atoms with Gasteiger partial charge >= 0.3 is 6.85 Å². The highest BCUT2D eigenvalue weighted by atomic mass is 32.2. The second-order valence-electron chi connectivity index (χ2n) is 18.7. The quantitative estimate of drug-likeness (QED) is 0.166. The topological polar surface area (TPSA) is 6.48 Å². The standard InChI is InChI=1S/C53H49BN2S/c1-51(2,3)36-24-28-45-46(31-36)55(39-19-13-10-14-20-39)47-32-37(52(4,5)6)30-41-40-29-35(34-17-11-9-12-18-34)23-27-44(40)54(56(45)50(41)47)38-25-26-43-49(33-38)57-48-22-16-15-21-42(48)53(43,7)8/h9-33H,1-8H3. The van der Waals surface area contributed by atoms with Crippen LogP contribution in [-0.2, 0) is 16.2 Å². The molecule has 3 aliphatic rings. The zero-order chi connectivity index (χ0) is 39.4. The highest BCUT2D eigenvalue weighted by molar-refractivity contribution is 7.99. The molecular formula is C53H49BN2S. The van der Waals surface area contributed by atoms with Crippen molar-refractivity contribution in [1.29, 1.82) is 0 Å². The van der Waals surface area contributed by atoms with Crippen molar-refractivity contribution in [3.05, 3.63) is 174 Å². The first-order valence-electron chi connectivity index (χ1n) is 20.4. The van der Waals surface area contributed by atoms with Gasteiger partial charge in [0.25, 0.3) is 0 Å². The fourth-order valence-electron chi connectivity index (χ4n) is 9.38. The first-order valence-corrected chi connectivity index (χ1v) is 21.2. The van der Waals surface area contributed by atoms with Gasteiger partial charge in [0.1, 0.15) is 0 Å². The summed E-state index contributed by atoms with van der Waals surface area (Å²) in [5.74, 6) is 0. The van der Waals surface area contributed by atoms with E-state index in [4.69, 9.17) is 0 Å². The van der Waals surface area contributed by atoms with Gasteiger partial charge in [-0.25, -0.2) is 0 Å². The van der Waals surface area contributed by atoms with Gasteiger partial charge in [0.05, 0.1) is 22.7 Å². The molecule has 0 fully saturated rings. The van der Waals surface area contributed by atoms with Crippen LogP contribution < -0.4 is 20.6 Å². The van der Waals surface area contributed by atoms with Crippen LogP contribution in [-0.4, -0.2) is 6.85 Å². The molecule has 0 aromatic heterocycles. The number of benzene rings is 7. The molecule has 10 rings (SSSR count). The second-order valence-corrected chi connectivity index (χ2v) is 19.8. The maximum Gasteiger partial charge on any atom is 0.328 e. The number of rotatable bonds is 3. The Hall–Kier alpha value is -5.45. The summed E-state index contributed by atoms with van der Waals surface area (Å²) < 4.78 is 0. The minimum atomic E-state index is -0.0921. The van der Waals surface area contributed by atoms with Crippen LogP contribution in [0.2, 0.25) is 0 Å². The maximum absolute atomic E-state index is 2.69. The Bertz CT molecular complexity index is 2720. The lowest BCUT2D eigenvalue weighted by molar-refractivity contribution is 0.590. The molecule has 0 radical (unpaired) electrons. The van der Waals surface area contributed by atoms with Crippen molar-refractivity contribution < 1.29 is 0 Å². The highest BCUT2D eigenvalue weighted by Gasteiger charge is 2.45. The zero-order valence-corrected chi connectivity index (χ0v) is 35.1. The summed E-state index contributed by atoms with van der Waals surface area (Å²) in [7, 11) is 0. The van der Waals surface area contributed by atoms with E-state index in [1.165, 1.54) is 93.7 Å². The lowest BCUT2D eigenvalue weighted by atomic mass is 9.45. The molecule has 0 saturated carbocycles. The number of fused-ring (bicyclic) bond motifs is 6. The van der Waals surface area contributed by atoms with Gasteiger partial charge in [0.15, 0.2) is 0 Å². The lowest BCUT2D eigenvalue weighted by Gasteiger charge is -2.48. The second kappa shape index (κ2) is 12.8. The minimum Gasteiger partial charge on any atom is -0.373 e. The van der Waals surface area contributed by atoms with Gasteiger partial charge in [0.2, 0.25) is 0 Å². The van der Waals surface area contributed by atoms with Crippen LogP contribution in [0.15, 0.2) is 161 Å². The van der Waals surface area contributed by atoms with E-state index in [-0.39, 0.29) is 23.1 Å². The summed E-state index contributed by atoms with van der Waals surface area (Å²) in [6.07, 6.45) is 0. The molecule has 4 heteroatoms. The molecule has 0 spiro atoms. The molecule has 7 aromatic rings. The summed E-state index contributed by atoms with van der Waals surface area (Å²) >= 11 is 1.92. The number of hydrogen-bond acceptors (Lipinski definition) is 3. The summed E-state index contributed by atoms with van der Waals surface area (Å²) in [6, 6.07) is 57.6. The van der Waals surface area contributed by atoms with Gasteiger partial charge in [-0.3, -0.25) is 0 Å². The Morgan fingerprint density at radius 2 is 1.18 bits per heavy atom. The molecule has 57 heavy (non-hydrogen) atoms. The van der Waals surface area contributed by atoms with Crippen LogP contribution >= 0.6 is 11.8 Å². The van der Waals surface area contributed by atoms with E-state index in [0.717, 1.165) is 0 Å². The van der Waals surface area contributed by atoms with Crippen molar-refractivity contribution >= 4 is 58.0 Å². The molecular weight excluding hydrogens is 707 g/mol. The molecule has 0 saturated heterocycles. The summed E-state index contributed by atoms with van der Waals surface area (Å²) in [5, 5.41) is 0. The fourth-order valence-corrected chi connectivity index (χ4v) is 10.8. The van der Waals surface area contributed by atoms with Crippen LogP contribution in [0.3, 0.4) is 0 Å².